The first-order valence-corrected chi connectivity index (χ1v) is 20.9. The zero-order chi connectivity index (χ0) is 40.6. The van der Waals surface area contributed by atoms with Gasteiger partial charge in [0.15, 0.2) is 0 Å². The van der Waals surface area contributed by atoms with Crippen LogP contribution in [0.3, 0.4) is 0 Å². The van der Waals surface area contributed by atoms with Gasteiger partial charge in [0.25, 0.3) is 0 Å². The lowest BCUT2D eigenvalue weighted by Crippen LogP contribution is -2.28. The molecule has 0 bridgehead atoms. The Morgan fingerprint density at radius 1 is 0.407 bits per heavy atom. The summed E-state index contributed by atoms with van der Waals surface area (Å²) < 4.78 is 72.4. The second kappa shape index (κ2) is 15.5. The normalized spacial score (nSPS) is 11.8. The van der Waals surface area contributed by atoms with Crippen molar-refractivity contribution in [3.05, 3.63) is 200 Å². The van der Waals surface area contributed by atoms with Crippen LogP contribution in [0.25, 0.3) is 42.4 Å². The van der Waals surface area contributed by atoms with E-state index in [0.29, 0.717) is 28.2 Å². The number of alkyl halides is 3. The fourth-order valence-electron chi connectivity index (χ4n) is 7.26. The Bertz CT molecular complexity index is 2950. The van der Waals surface area contributed by atoms with E-state index < -0.39 is 21.4 Å². The average molecular weight is 819 g/mol. The van der Waals surface area contributed by atoms with Gasteiger partial charge in [0, 0.05) is 54.7 Å². The van der Waals surface area contributed by atoms with Crippen LogP contribution in [0.5, 0.6) is 5.75 Å². The Morgan fingerprint density at radius 3 is 1.44 bits per heavy atom. The van der Waals surface area contributed by atoms with Gasteiger partial charge in [-0.25, -0.2) is 0 Å². The molecule has 0 radical (unpaired) electrons. The molecule has 0 saturated carbocycles. The standard InChI is InChI=1S/C49H33F3N2O3S2/c50-49(51,52)59(55,56)57-44-30-37(29-43(33-44)54(40-19-9-3-10-20-40)41-21-11-4-12-22-41)35-25-27-47-46(31-35)45-26-24-36(32-48(45)58-47)34-14-13-23-42(28-34)53(38-15-5-1-6-16-38)39-17-7-2-8-18-39/h1-33H. The van der Waals surface area contributed by atoms with Gasteiger partial charge in [0.2, 0.25) is 0 Å². The summed E-state index contributed by atoms with van der Waals surface area (Å²) in [4.78, 5) is 4.07. The Morgan fingerprint density at radius 2 is 0.881 bits per heavy atom. The van der Waals surface area contributed by atoms with E-state index >= 15 is 0 Å². The van der Waals surface area contributed by atoms with Gasteiger partial charge in [-0.15, -0.1) is 11.3 Å². The fraction of sp³-hybridized carbons (Fsp3) is 0.0204. The molecule has 8 aromatic carbocycles. The summed E-state index contributed by atoms with van der Waals surface area (Å²) in [5.74, 6) is -0.466. The van der Waals surface area contributed by atoms with Gasteiger partial charge in [-0.3, -0.25) is 0 Å². The molecule has 10 heteroatoms. The van der Waals surface area contributed by atoms with Gasteiger partial charge in [0.05, 0.1) is 5.69 Å². The zero-order valence-corrected chi connectivity index (χ0v) is 32.8. The van der Waals surface area contributed by atoms with Gasteiger partial charge >= 0.3 is 15.6 Å². The Balaban J connectivity index is 1.13. The van der Waals surface area contributed by atoms with Crippen LogP contribution in [-0.4, -0.2) is 13.9 Å². The lowest BCUT2D eigenvalue weighted by Gasteiger charge is -2.26. The smallest absolute Gasteiger partial charge is 0.376 e. The van der Waals surface area contributed by atoms with E-state index in [1.807, 2.05) is 126 Å². The van der Waals surface area contributed by atoms with Crippen LogP contribution in [0.4, 0.5) is 47.3 Å². The van der Waals surface area contributed by atoms with Crippen molar-refractivity contribution in [2.45, 2.75) is 5.51 Å². The second-order valence-electron chi connectivity index (χ2n) is 13.8. The Labute approximate surface area is 343 Å². The summed E-state index contributed by atoms with van der Waals surface area (Å²) in [6.45, 7) is 0. The highest BCUT2D eigenvalue weighted by Crippen LogP contribution is 2.43. The van der Waals surface area contributed by atoms with Gasteiger partial charge < -0.3 is 14.0 Å². The van der Waals surface area contributed by atoms with E-state index in [2.05, 4.69) is 71.6 Å². The van der Waals surface area contributed by atoms with Crippen LogP contribution in [0, 0.1) is 0 Å². The predicted molar refractivity (Wildman–Crippen MR) is 235 cm³/mol. The van der Waals surface area contributed by atoms with Crippen LogP contribution in [0.1, 0.15) is 0 Å². The van der Waals surface area contributed by atoms with Crippen LogP contribution < -0.4 is 14.0 Å². The van der Waals surface area contributed by atoms with E-state index in [1.54, 1.807) is 11.3 Å². The van der Waals surface area contributed by atoms with Crippen LogP contribution >= 0.6 is 11.3 Å². The number of rotatable bonds is 10. The molecule has 0 aliphatic carbocycles. The number of hydrogen-bond donors (Lipinski definition) is 0. The van der Waals surface area contributed by atoms with E-state index in [4.69, 9.17) is 4.18 Å². The average Bonchev–Trinajstić information content (AvgIpc) is 3.62. The van der Waals surface area contributed by atoms with E-state index in [1.165, 1.54) is 12.1 Å². The van der Waals surface area contributed by atoms with Crippen molar-refractivity contribution in [3.8, 4) is 28.0 Å². The molecule has 0 aliphatic rings. The maximum atomic E-state index is 13.6. The number of halogens is 3. The molecular formula is C49H33F3N2O3S2. The van der Waals surface area contributed by atoms with Crippen molar-refractivity contribution in [1.82, 2.24) is 0 Å². The number of anilines is 6. The minimum atomic E-state index is -5.96. The summed E-state index contributed by atoms with van der Waals surface area (Å²) in [7, 11) is -5.96. The quantitative estimate of drug-likeness (QED) is 0.102. The monoisotopic (exact) mass is 818 g/mol. The first-order valence-electron chi connectivity index (χ1n) is 18.6. The molecule has 0 unspecified atom stereocenters. The molecule has 0 aliphatic heterocycles. The first kappa shape index (κ1) is 37.7. The highest BCUT2D eigenvalue weighted by Gasteiger charge is 2.48. The highest BCUT2D eigenvalue weighted by molar-refractivity contribution is 7.88. The molecular weight excluding hydrogens is 786 g/mol. The number of nitrogens with zero attached hydrogens (tertiary/aromatic N) is 2. The Hall–Kier alpha value is -6.88. The minimum Gasteiger partial charge on any atom is -0.376 e. The number of benzene rings is 8. The van der Waals surface area contributed by atoms with E-state index in [9.17, 15) is 21.6 Å². The maximum Gasteiger partial charge on any atom is 0.534 e. The molecule has 9 rings (SSSR count). The Kier molecular flexibility index (Phi) is 9.88. The van der Waals surface area contributed by atoms with Crippen molar-refractivity contribution in [1.29, 1.82) is 0 Å². The zero-order valence-electron chi connectivity index (χ0n) is 31.1. The molecule has 5 nitrogen and oxygen atoms in total. The summed E-state index contributed by atoms with van der Waals surface area (Å²) in [6, 6.07) is 64.2. The minimum absolute atomic E-state index is 0.410. The number of hydrogen-bond acceptors (Lipinski definition) is 6. The largest absolute Gasteiger partial charge is 0.534 e. The fourth-order valence-corrected chi connectivity index (χ4v) is 8.83. The molecule has 59 heavy (non-hydrogen) atoms. The van der Waals surface area contributed by atoms with Crippen LogP contribution in [-0.2, 0) is 10.1 Å². The lowest BCUT2D eigenvalue weighted by atomic mass is 9.99. The highest BCUT2D eigenvalue weighted by atomic mass is 32.2. The lowest BCUT2D eigenvalue weighted by molar-refractivity contribution is -0.0500. The van der Waals surface area contributed by atoms with Gasteiger partial charge in [-0.2, -0.15) is 21.6 Å². The molecule has 290 valence electrons. The predicted octanol–water partition coefficient (Wildman–Crippen LogP) is 14.6. The molecule has 0 spiro atoms. The van der Waals surface area contributed by atoms with Crippen molar-refractivity contribution in [3.63, 3.8) is 0 Å². The third-order valence-electron chi connectivity index (χ3n) is 9.94. The van der Waals surface area contributed by atoms with Crippen molar-refractivity contribution >= 4 is 75.8 Å². The van der Waals surface area contributed by atoms with Gasteiger partial charge in [-0.1, -0.05) is 103 Å². The maximum absolute atomic E-state index is 13.6. The molecule has 0 amide bonds. The topological polar surface area (TPSA) is 49.9 Å². The van der Waals surface area contributed by atoms with Crippen LogP contribution in [0.15, 0.2) is 200 Å². The summed E-state index contributed by atoms with van der Waals surface area (Å²) in [5, 5.41) is 1.98. The van der Waals surface area contributed by atoms with E-state index in [0.717, 1.165) is 48.4 Å². The first-order chi connectivity index (χ1) is 28.6. The molecule has 0 saturated heterocycles. The molecule has 0 fully saturated rings. The van der Waals surface area contributed by atoms with Crippen molar-refractivity contribution in [2.75, 3.05) is 9.80 Å². The summed E-state index contributed by atoms with van der Waals surface area (Å²) in [5.41, 5.74) is 2.60. The number of thiophene rings is 1. The second-order valence-corrected chi connectivity index (χ2v) is 16.4. The van der Waals surface area contributed by atoms with E-state index in [-0.39, 0.29) is 0 Å². The summed E-state index contributed by atoms with van der Waals surface area (Å²) >= 11 is 1.65. The third kappa shape index (κ3) is 7.63. The molecule has 0 atom stereocenters. The third-order valence-corrected chi connectivity index (χ3v) is 12.1. The van der Waals surface area contributed by atoms with Gasteiger partial charge in [-0.05, 0) is 113 Å². The van der Waals surface area contributed by atoms with Crippen molar-refractivity contribution in [2.24, 2.45) is 0 Å². The van der Waals surface area contributed by atoms with Gasteiger partial charge in [0.1, 0.15) is 5.75 Å². The molecule has 9 aromatic rings. The molecule has 1 aromatic heterocycles. The van der Waals surface area contributed by atoms with Crippen molar-refractivity contribution < 1.29 is 25.8 Å². The number of para-hydroxylation sites is 4. The molecule has 0 N–H and O–H groups in total. The summed E-state index contributed by atoms with van der Waals surface area (Å²) in [6.07, 6.45) is 0. The number of fused-ring (bicyclic) bond motifs is 3. The molecule has 1 heterocycles. The SMILES string of the molecule is O=S(=O)(Oc1cc(-c2ccc3sc4cc(-c5cccc(N(c6ccccc6)c6ccccc6)c5)ccc4c3c2)cc(N(c2ccccc2)c2ccccc2)c1)C(F)(F)F. The van der Waals surface area contributed by atoms with Crippen LogP contribution in [0.2, 0.25) is 0 Å².